The highest BCUT2D eigenvalue weighted by Gasteiger charge is 2.24. The Morgan fingerprint density at radius 2 is 2.06 bits per heavy atom. The summed E-state index contributed by atoms with van der Waals surface area (Å²) in [5, 5.41) is 12.9. The van der Waals surface area contributed by atoms with Crippen molar-refractivity contribution in [2.24, 2.45) is 5.41 Å². The van der Waals surface area contributed by atoms with Crippen LogP contribution in [-0.2, 0) is 13.1 Å². The van der Waals surface area contributed by atoms with E-state index in [1.165, 1.54) is 0 Å². The molecule has 2 N–H and O–H groups in total. The van der Waals surface area contributed by atoms with Gasteiger partial charge >= 0.3 is 0 Å². The summed E-state index contributed by atoms with van der Waals surface area (Å²) in [6.45, 7) is 9.18. The van der Waals surface area contributed by atoms with Gasteiger partial charge in [-0.05, 0) is 19.8 Å². The van der Waals surface area contributed by atoms with Crippen LogP contribution in [0.25, 0.3) is 0 Å². The molecule has 0 saturated carbocycles. The summed E-state index contributed by atoms with van der Waals surface area (Å²) >= 11 is 0. The minimum Gasteiger partial charge on any atom is -0.396 e. The molecule has 1 heterocycles. The molecule has 1 aromatic heterocycles. The molecule has 0 saturated heterocycles. The van der Waals surface area contributed by atoms with Crippen LogP contribution in [0.1, 0.15) is 39.4 Å². The third kappa shape index (κ3) is 3.54. The molecule has 0 atom stereocenters. The Balaban J connectivity index is 2.46. The van der Waals surface area contributed by atoms with Crippen molar-refractivity contribution in [1.29, 1.82) is 0 Å². The fourth-order valence-electron chi connectivity index (χ4n) is 2.01. The molecule has 1 aromatic rings. The zero-order chi connectivity index (χ0) is 12.7. The fraction of sp³-hybridized carbons (Fsp3) is 0.769. The van der Waals surface area contributed by atoms with E-state index in [-0.39, 0.29) is 12.0 Å². The summed E-state index contributed by atoms with van der Waals surface area (Å²) in [5.74, 6) is 1.06. The van der Waals surface area contributed by atoms with Gasteiger partial charge in [0.15, 0.2) is 0 Å². The summed E-state index contributed by atoms with van der Waals surface area (Å²) in [7, 11) is 0. The molecule has 98 valence electrons. The number of aliphatic hydroxyl groups is 1. The molecular weight excluding hydrogens is 214 g/mol. The maximum atomic E-state index is 9.47. The standard InChI is InChI=1S/C13H25N3O/c1-4-13(5-2,11-17)10-14-9-12-15-7-8-16(12)6-3/h7-8,14,17H,4-6,9-11H2,1-3H3. The second-order valence-electron chi connectivity index (χ2n) is 4.60. The molecule has 1 rings (SSSR count). The van der Waals surface area contributed by atoms with Crippen molar-refractivity contribution >= 4 is 0 Å². The predicted octanol–water partition coefficient (Wildman–Crippen LogP) is 1.79. The summed E-state index contributed by atoms with van der Waals surface area (Å²) in [5.41, 5.74) is 0.0175. The highest BCUT2D eigenvalue weighted by molar-refractivity contribution is 4.92. The summed E-state index contributed by atoms with van der Waals surface area (Å²) in [4.78, 5) is 4.32. The van der Waals surface area contributed by atoms with Crippen LogP contribution in [-0.4, -0.2) is 27.8 Å². The van der Waals surface area contributed by atoms with Crippen LogP contribution < -0.4 is 5.32 Å². The lowest BCUT2D eigenvalue weighted by atomic mass is 9.83. The number of aryl methyl sites for hydroxylation is 1. The van der Waals surface area contributed by atoms with Crippen molar-refractivity contribution in [1.82, 2.24) is 14.9 Å². The van der Waals surface area contributed by atoms with Crippen molar-refractivity contribution in [3.63, 3.8) is 0 Å². The minimum atomic E-state index is 0.0175. The first-order valence-corrected chi connectivity index (χ1v) is 6.53. The Hall–Kier alpha value is -0.870. The largest absolute Gasteiger partial charge is 0.396 e. The van der Waals surface area contributed by atoms with Crippen LogP contribution >= 0.6 is 0 Å². The van der Waals surface area contributed by atoms with Crippen LogP contribution in [0.5, 0.6) is 0 Å². The lowest BCUT2D eigenvalue weighted by Crippen LogP contribution is -2.36. The summed E-state index contributed by atoms with van der Waals surface area (Å²) in [6, 6.07) is 0. The molecule has 0 bridgehead atoms. The van der Waals surface area contributed by atoms with Crippen molar-refractivity contribution in [2.45, 2.75) is 46.7 Å². The average molecular weight is 239 g/mol. The maximum Gasteiger partial charge on any atom is 0.122 e. The van der Waals surface area contributed by atoms with Gasteiger partial charge in [0.05, 0.1) is 6.54 Å². The molecule has 4 nitrogen and oxygen atoms in total. The SMILES string of the molecule is CCn1ccnc1CNCC(CC)(CC)CO. The van der Waals surface area contributed by atoms with Crippen LogP contribution in [0.2, 0.25) is 0 Å². The molecule has 0 radical (unpaired) electrons. The predicted molar refractivity (Wildman–Crippen MR) is 69.7 cm³/mol. The van der Waals surface area contributed by atoms with E-state index in [9.17, 15) is 5.11 Å². The molecule has 0 fully saturated rings. The first-order chi connectivity index (χ1) is 8.21. The highest BCUT2D eigenvalue weighted by atomic mass is 16.3. The fourth-order valence-corrected chi connectivity index (χ4v) is 2.01. The van der Waals surface area contributed by atoms with E-state index in [4.69, 9.17) is 0 Å². The smallest absolute Gasteiger partial charge is 0.122 e. The summed E-state index contributed by atoms with van der Waals surface area (Å²) < 4.78 is 2.13. The molecular formula is C13H25N3O. The molecule has 4 heteroatoms. The zero-order valence-corrected chi connectivity index (χ0v) is 11.2. The van der Waals surface area contributed by atoms with E-state index in [1.54, 1.807) is 0 Å². The van der Waals surface area contributed by atoms with Crippen molar-refractivity contribution in [3.8, 4) is 0 Å². The number of aromatic nitrogens is 2. The second kappa shape index (κ2) is 6.77. The molecule has 0 aromatic carbocycles. The second-order valence-corrected chi connectivity index (χ2v) is 4.60. The number of hydrogen-bond donors (Lipinski definition) is 2. The minimum absolute atomic E-state index is 0.0175. The Kier molecular flexibility index (Phi) is 5.65. The zero-order valence-electron chi connectivity index (χ0n) is 11.2. The van der Waals surface area contributed by atoms with Gasteiger partial charge < -0.3 is 15.0 Å². The average Bonchev–Trinajstić information content (AvgIpc) is 2.83. The molecule has 0 aliphatic rings. The Labute approximate surface area is 104 Å². The number of aliphatic hydroxyl groups excluding tert-OH is 1. The molecule has 0 unspecified atom stereocenters. The van der Waals surface area contributed by atoms with Crippen molar-refractivity contribution < 1.29 is 5.11 Å². The van der Waals surface area contributed by atoms with Crippen LogP contribution in [0, 0.1) is 5.41 Å². The first kappa shape index (κ1) is 14.2. The molecule has 17 heavy (non-hydrogen) atoms. The van der Waals surface area contributed by atoms with E-state index in [0.29, 0.717) is 0 Å². The maximum absolute atomic E-state index is 9.47. The Morgan fingerprint density at radius 3 is 2.59 bits per heavy atom. The summed E-state index contributed by atoms with van der Waals surface area (Å²) in [6.07, 6.45) is 5.82. The lowest BCUT2D eigenvalue weighted by molar-refractivity contribution is 0.112. The third-order valence-electron chi connectivity index (χ3n) is 3.76. The van der Waals surface area contributed by atoms with E-state index in [2.05, 4.69) is 35.6 Å². The molecule has 0 aliphatic heterocycles. The quantitative estimate of drug-likeness (QED) is 0.727. The number of nitrogens with one attached hydrogen (secondary N) is 1. The van der Waals surface area contributed by atoms with Gasteiger partial charge in [-0.3, -0.25) is 0 Å². The van der Waals surface area contributed by atoms with Crippen LogP contribution in [0.4, 0.5) is 0 Å². The van der Waals surface area contributed by atoms with E-state index in [0.717, 1.165) is 38.3 Å². The van der Waals surface area contributed by atoms with Gasteiger partial charge in [-0.15, -0.1) is 0 Å². The molecule has 0 amide bonds. The van der Waals surface area contributed by atoms with E-state index in [1.807, 2.05) is 12.4 Å². The van der Waals surface area contributed by atoms with Crippen LogP contribution in [0.3, 0.4) is 0 Å². The first-order valence-electron chi connectivity index (χ1n) is 6.53. The van der Waals surface area contributed by atoms with Crippen molar-refractivity contribution in [3.05, 3.63) is 18.2 Å². The lowest BCUT2D eigenvalue weighted by Gasteiger charge is -2.29. The Bertz CT molecular complexity index is 310. The molecule has 0 aliphatic carbocycles. The van der Waals surface area contributed by atoms with Gasteiger partial charge in [0.25, 0.3) is 0 Å². The van der Waals surface area contributed by atoms with Crippen molar-refractivity contribution in [2.75, 3.05) is 13.2 Å². The topological polar surface area (TPSA) is 50.1 Å². The molecule has 0 spiro atoms. The van der Waals surface area contributed by atoms with Gasteiger partial charge in [0.2, 0.25) is 0 Å². The number of rotatable bonds is 8. The highest BCUT2D eigenvalue weighted by Crippen LogP contribution is 2.24. The van der Waals surface area contributed by atoms with Gasteiger partial charge in [0, 0.05) is 37.5 Å². The van der Waals surface area contributed by atoms with Crippen LogP contribution in [0.15, 0.2) is 12.4 Å². The van der Waals surface area contributed by atoms with Gasteiger partial charge in [-0.2, -0.15) is 0 Å². The monoisotopic (exact) mass is 239 g/mol. The van der Waals surface area contributed by atoms with E-state index < -0.39 is 0 Å². The normalized spacial score (nSPS) is 12.0. The van der Waals surface area contributed by atoms with E-state index >= 15 is 0 Å². The van der Waals surface area contributed by atoms with Gasteiger partial charge in [0.1, 0.15) is 5.82 Å². The Morgan fingerprint density at radius 1 is 1.35 bits per heavy atom. The third-order valence-corrected chi connectivity index (χ3v) is 3.76. The van der Waals surface area contributed by atoms with Gasteiger partial charge in [-0.1, -0.05) is 13.8 Å². The number of hydrogen-bond acceptors (Lipinski definition) is 3. The van der Waals surface area contributed by atoms with Gasteiger partial charge in [-0.25, -0.2) is 4.98 Å². The number of nitrogens with zero attached hydrogens (tertiary/aromatic N) is 2. The number of imidazole rings is 1.